The highest BCUT2D eigenvalue weighted by Crippen LogP contribution is 2.28. The lowest BCUT2D eigenvalue weighted by molar-refractivity contribution is -0.274. The third-order valence-electron chi connectivity index (χ3n) is 4.21. The van der Waals surface area contributed by atoms with Gasteiger partial charge in [-0.05, 0) is 42.3 Å². The van der Waals surface area contributed by atoms with Crippen LogP contribution in [0.4, 0.5) is 13.2 Å². The Kier molecular flexibility index (Phi) is 5.81. The average molecular weight is 425 g/mol. The summed E-state index contributed by atoms with van der Waals surface area (Å²) in [5.41, 5.74) is 8.71. The lowest BCUT2D eigenvalue weighted by Crippen LogP contribution is -2.16. The lowest BCUT2D eigenvalue weighted by atomic mass is 10.1. The van der Waals surface area contributed by atoms with Crippen molar-refractivity contribution < 1.29 is 22.3 Å². The topological polar surface area (TPSA) is 90.0 Å². The molecule has 0 radical (unpaired) electrons. The number of fused-ring (bicyclic) bond motifs is 1. The van der Waals surface area contributed by atoms with Gasteiger partial charge >= 0.3 is 6.36 Å². The van der Waals surface area contributed by atoms with Gasteiger partial charge in [-0.15, -0.1) is 35.8 Å². The molecule has 0 amide bonds. The Morgan fingerprint density at radius 2 is 1.79 bits per heavy atom. The van der Waals surface area contributed by atoms with Crippen LogP contribution in [0.5, 0.6) is 5.75 Å². The van der Waals surface area contributed by atoms with Gasteiger partial charge in [0, 0.05) is 22.7 Å². The molecule has 0 spiro atoms. The number of nitrogens with zero attached hydrogens (tertiary/aromatic N) is 2. The third kappa shape index (κ3) is 4.69. The molecule has 0 aliphatic carbocycles. The molecule has 152 valence electrons. The zero-order valence-electron chi connectivity index (χ0n) is 14.8. The number of ether oxygens (including phenoxy) is 1. The van der Waals surface area contributed by atoms with Gasteiger partial charge in [-0.2, -0.15) is 0 Å². The Bertz CT molecular complexity index is 1090. The van der Waals surface area contributed by atoms with E-state index < -0.39 is 12.4 Å². The predicted molar refractivity (Wildman–Crippen MR) is 103 cm³/mol. The Morgan fingerprint density at radius 3 is 2.52 bits per heavy atom. The van der Waals surface area contributed by atoms with E-state index in [1.165, 1.54) is 24.3 Å². The van der Waals surface area contributed by atoms with Crippen LogP contribution in [-0.4, -0.2) is 21.5 Å². The number of H-pyrrole nitrogens is 1. The van der Waals surface area contributed by atoms with Crippen LogP contribution in [-0.2, 0) is 6.42 Å². The summed E-state index contributed by atoms with van der Waals surface area (Å²) in [4.78, 5) is 3.18. The number of alkyl halides is 3. The van der Waals surface area contributed by atoms with Crippen LogP contribution in [0.15, 0.2) is 59.1 Å². The van der Waals surface area contributed by atoms with Crippen molar-refractivity contribution in [3.05, 3.63) is 66.2 Å². The highest BCUT2D eigenvalue weighted by atomic mass is 35.5. The van der Waals surface area contributed by atoms with Gasteiger partial charge in [0.05, 0.1) is 6.04 Å². The van der Waals surface area contributed by atoms with Gasteiger partial charge in [0.15, 0.2) is 0 Å². The summed E-state index contributed by atoms with van der Waals surface area (Å²) in [5, 5.41) is 8.98. The molecule has 0 aliphatic heterocycles. The van der Waals surface area contributed by atoms with Crippen molar-refractivity contribution in [2.24, 2.45) is 5.73 Å². The summed E-state index contributed by atoms with van der Waals surface area (Å²) in [7, 11) is 0. The van der Waals surface area contributed by atoms with Crippen molar-refractivity contribution in [3.63, 3.8) is 0 Å². The van der Waals surface area contributed by atoms with E-state index in [1.54, 1.807) is 0 Å². The van der Waals surface area contributed by atoms with Gasteiger partial charge in [-0.3, -0.25) is 0 Å². The molecule has 10 heteroatoms. The van der Waals surface area contributed by atoms with Crippen LogP contribution < -0.4 is 10.5 Å². The molecular formula is C19H16ClF3N4O2. The Morgan fingerprint density at radius 1 is 1.07 bits per heavy atom. The smallest absolute Gasteiger partial charge is 0.419 e. The molecule has 6 nitrogen and oxygen atoms in total. The number of nitrogens with two attached hydrogens (primary N) is 1. The van der Waals surface area contributed by atoms with Crippen LogP contribution in [0.1, 0.15) is 17.5 Å². The first kappa shape index (κ1) is 20.7. The van der Waals surface area contributed by atoms with Crippen molar-refractivity contribution in [1.82, 2.24) is 15.2 Å². The first-order chi connectivity index (χ1) is 13.4. The summed E-state index contributed by atoms with van der Waals surface area (Å²) in [6.07, 6.45) is -2.36. The van der Waals surface area contributed by atoms with Gasteiger partial charge in [0.25, 0.3) is 0 Å². The van der Waals surface area contributed by atoms with Crippen molar-refractivity contribution in [2.75, 3.05) is 0 Å². The molecule has 0 saturated carbocycles. The normalized spacial score (nSPS) is 12.6. The molecule has 2 aromatic heterocycles. The minimum atomic E-state index is -4.74. The first-order valence-electron chi connectivity index (χ1n) is 8.39. The number of hydrogen-bond donors (Lipinski definition) is 2. The standard InChI is InChI=1S/C19H15F3N4O2.ClH/c20-19(21,22)28-13-7-5-11(6-8-13)17-25-26-18(27-17)15(23)9-12-10-24-16-4-2-1-3-14(12)16;/h1-8,10,15,24H,9,23H2;1H/t15-;/m0./s1. The zero-order chi connectivity index (χ0) is 19.7. The largest absolute Gasteiger partial charge is 0.573 e. The lowest BCUT2D eigenvalue weighted by Gasteiger charge is -2.08. The molecular weight excluding hydrogens is 409 g/mol. The minimum Gasteiger partial charge on any atom is -0.419 e. The van der Waals surface area contributed by atoms with Crippen molar-refractivity contribution in [3.8, 4) is 17.2 Å². The van der Waals surface area contributed by atoms with Gasteiger partial charge < -0.3 is 19.9 Å². The maximum Gasteiger partial charge on any atom is 0.573 e. The summed E-state index contributed by atoms with van der Waals surface area (Å²) < 4.78 is 46.1. The fraction of sp³-hybridized carbons (Fsp3) is 0.158. The van der Waals surface area contributed by atoms with Crippen molar-refractivity contribution >= 4 is 23.3 Å². The SMILES string of the molecule is Cl.N[C@@H](Cc1c[nH]c2ccccc12)c1nnc(-c2ccc(OC(F)(F)F)cc2)o1. The maximum absolute atomic E-state index is 12.2. The Hall–Kier alpha value is -3.04. The van der Waals surface area contributed by atoms with E-state index in [1.807, 2.05) is 30.5 Å². The molecule has 2 aromatic carbocycles. The number of aromatic nitrogens is 3. The van der Waals surface area contributed by atoms with E-state index >= 15 is 0 Å². The van der Waals surface area contributed by atoms with E-state index in [4.69, 9.17) is 10.2 Å². The zero-order valence-corrected chi connectivity index (χ0v) is 15.6. The molecule has 0 bridgehead atoms. The van der Waals surface area contributed by atoms with E-state index in [2.05, 4.69) is 19.9 Å². The second-order valence-electron chi connectivity index (χ2n) is 6.19. The van der Waals surface area contributed by atoms with E-state index in [9.17, 15) is 13.2 Å². The highest BCUT2D eigenvalue weighted by molar-refractivity contribution is 5.85. The second kappa shape index (κ2) is 8.14. The Labute approximate surface area is 169 Å². The van der Waals surface area contributed by atoms with Gasteiger partial charge in [0.2, 0.25) is 11.8 Å². The maximum atomic E-state index is 12.2. The van der Waals surface area contributed by atoms with E-state index in [0.29, 0.717) is 12.0 Å². The molecule has 3 N–H and O–H groups in total. The molecule has 0 saturated heterocycles. The summed E-state index contributed by atoms with van der Waals surface area (Å²) in [6.45, 7) is 0. The third-order valence-corrected chi connectivity index (χ3v) is 4.21. The quantitative estimate of drug-likeness (QED) is 0.481. The van der Waals surface area contributed by atoms with Crippen LogP contribution in [0, 0.1) is 0 Å². The molecule has 4 rings (SSSR count). The number of aromatic amines is 1. The number of halogens is 4. The number of rotatable bonds is 5. The van der Waals surface area contributed by atoms with Gasteiger partial charge in [-0.25, -0.2) is 0 Å². The minimum absolute atomic E-state index is 0. The van der Waals surface area contributed by atoms with Crippen LogP contribution >= 0.6 is 12.4 Å². The monoisotopic (exact) mass is 424 g/mol. The number of nitrogens with one attached hydrogen (secondary N) is 1. The molecule has 4 aromatic rings. The molecule has 2 heterocycles. The molecule has 0 unspecified atom stereocenters. The fourth-order valence-corrected chi connectivity index (χ4v) is 2.92. The second-order valence-corrected chi connectivity index (χ2v) is 6.19. The van der Waals surface area contributed by atoms with Crippen LogP contribution in [0.3, 0.4) is 0 Å². The Balaban J connectivity index is 0.00000240. The first-order valence-corrected chi connectivity index (χ1v) is 8.39. The number of para-hydroxylation sites is 1. The van der Waals surface area contributed by atoms with Crippen LogP contribution in [0.2, 0.25) is 0 Å². The van der Waals surface area contributed by atoms with Crippen molar-refractivity contribution in [1.29, 1.82) is 0 Å². The summed E-state index contributed by atoms with van der Waals surface area (Å²) in [6, 6.07) is 12.5. The van der Waals surface area contributed by atoms with Crippen molar-refractivity contribution in [2.45, 2.75) is 18.8 Å². The molecule has 0 aliphatic rings. The fourth-order valence-electron chi connectivity index (χ4n) is 2.92. The molecule has 0 fully saturated rings. The van der Waals surface area contributed by atoms with Gasteiger partial charge in [0.1, 0.15) is 5.75 Å². The number of hydrogen-bond acceptors (Lipinski definition) is 5. The molecule has 29 heavy (non-hydrogen) atoms. The van der Waals surface area contributed by atoms with E-state index in [-0.39, 0.29) is 29.9 Å². The summed E-state index contributed by atoms with van der Waals surface area (Å²) in [5.74, 6) is 0.0888. The number of benzene rings is 2. The molecule has 1 atom stereocenters. The van der Waals surface area contributed by atoms with Gasteiger partial charge in [-0.1, -0.05) is 18.2 Å². The van der Waals surface area contributed by atoms with Crippen LogP contribution in [0.25, 0.3) is 22.4 Å². The predicted octanol–water partition coefficient (Wildman–Crippen LogP) is 4.78. The van der Waals surface area contributed by atoms with E-state index in [0.717, 1.165) is 16.5 Å². The summed E-state index contributed by atoms with van der Waals surface area (Å²) >= 11 is 0. The highest BCUT2D eigenvalue weighted by Gasteiger charge is 2.31. The average Bonchev–Trinajstić information content (AvgIpc) is 3.29.